The maximum atomic E-state index is 4.98. The zero-order valence-corrected chi connectivity index (χ0v) is 11.3. The van der Waals surface area contributed by atoms with E-state index in [9.17, 15) is 0 Å². The van der Waals surface area contributed by atoms with Crippen LogP contribution in [0.1, 0.15) is 38.4 Å². The smallest absolute Gasteiger partial charge is 0.0637 e. The summed E-state index contributed by atoms with van der Waals surface area (Å²) < 4.78 is 7.08. The Morgan fingerprint density at radius 2 is 2.12 bits per heavy atom. The molecule has 0 aliphatic heterocycles. The molecule has 0 radical (unpaired) electrons. The van der Waals surface area contributed by atoms with E-state index in [-0.39, 0.29) is 0 Å². The zero-order valence-electron chi connectivity index (χ0n) is 11.3. The van der Waals surface area contributed by atoms with Crippen LogP contribution in [-0.4, -0.2) is 36.6 Å². The Labute approximate surface area is 104 Å². The van der Waals surface area contributed by atoms with Crippen LogP contribution in [0, 0.1) is 0 Å². The van der Waals surface area contributed by atoms with Crippen LogP contribution < -0.4 is 5.32 Å². The topological polar surface area (TPSA) is 39.1 Å². The number of nitrogens with one attached hydrogen (secondary N) is 1. The van der Waals surface area contributed by atoms with Gasteiger partial charge in [-0.05, 0) is 18.9 Å². The van der Waals surface area contributed by atoms with Crippen LogP contribution in [0.15, 0.2) is 12.3 Å². The highest BCUT2D eigenvalue weighted by atomic mass is 16.5. The summed E-state index contributed by atoms with van der Waals surface area (Å²) in [7, 11) is 1.72. The van der Waals surface area contributed by atoms with Gasteiger partial charge in [-0.1, -0.05) is 13.8 Å². The number of nitrogens with zero attached hydrogens (tertiary/aromatic N) is 2. The van der Waals surface area contributed by atoms with Gasteiger partial charge >= 0.3 is 0 Å². The molecule has 17 heavy (non-hydrogen) atoms. The molecule has 0 saturated heterocycles. The van der Waals surface area contributed by atoms with E-state index in [4.69, 9.17) is 4.74 Å². The predicted molar refractivity (Wildman–Crippen MR) is 70.3 cm³/mol. The normalized spacial score (nSPS) is 11.3. The Kier molecular flexibility index (Phi) is 6.89. The average molecular weight is 239 g/mol. The number of hydrogen-bond donors (Lipinski definition) is 1. The van der Waals surface area contributed by atoms with Gasteiger partial charge in [0.1, 0.15) is 0 Å². The van der Waals surface area contributed by atoms with Crippen molar-refractivity contribution in [1.29, 1.82) is 0 Å². The summed E-state index contributed by atoms with van der Waals surface area (Å²) in [5.74, 6) is 0. The Morgan fingerprint density at radius 3 is 2.76 bits per heavy atom. The lowest BCUT2D eigenvalue weighted by atomic mass is 10.2. The fraction of sp³-hybridized carbons (Fsp3) is 0.769. The molecule has 0 amide bonds. The Balaban J connectivity index is 2.30. The molecule has 0 aliphatic rings. The van der Waals surface area contributed by atoms with Crippen molar-refractivity contribution in [3.05, 3.63) is 18.0 Å². The van der Waals surface area contributed by atoms with Crippen LogP contribution in [0.5, 0.6) is 0 Å². The lowest BCUT2D eigenvalue weighted by Gasteiger charge is -2.12. The van der Waals surface area contributed by atoms with Crippen molar-refractivity contribution >= 4 is 0 Å². The van der Waals surface area contributed by atoms with Crippen LogP contribution in [0.3, 0.4) is 0 Å². The molecule has 0 fully saturated rings. The van der Waals surface area contributed by atoms with Gasteiger partial charge in [-0.3, -0.25) is 4.68 Å². The standard InChI is InChI=1S/C13H25N3O/c1-4-13(5-2)16-10-7-12(15-16)6-8-14-9-11-17-3/h7,10,13-14H,4-6,8-9,11H2,1-3H3. The number of hydrogen-bond acceptors (Lipinski definition) is 3. The summed E-state index contributed by atoms with van der Waals surface area (Å²) in [6, 6.07) is 2.67. The molecular formula is C13H25N3O. The maximum Gasteiger partial charge on any atom is 0.0637 e. The van der Waals surface area contributed by atoms with E-state index >= 15 is 0 Å². The van der Waals surface area contributed by atoms with Gasteiger partial charge in [0, 0.05) is 32.8 Å². The van der Waals surface area contributed by atoms with Crippen molar-refractivity contribution in [2.24, 2.45) is 0 Å². The van der Waals surface area contributed by atoms with Crippen LogP contribution >= 0.6 is 0 Å². The van der Waals surface area contributed by atoms with E-state index in [2.05, 4.69) is 41.2 Å². The van der Waals surface area contributed by atoms with E-state index in [1.807, 2.05) is 0 Å². The van der Waals surface area contributed by atoms with Gasteiger partial charge < -0.3 is 10.1 Å². The summed E-state index contributed by atoms with van der Waals surface area (Å²) in [6.07, 6.45) is 5.37. The van der Waals surface area contributed by atoms with Crippen molar-refractivity contribution in [2.75, 3.05) is 26.8 Å². The molecule has 4 nitrogen and oxygen atoms in total. The first-order chi connectivity index (χ1) is 8.31. The van der Waals surface area contributed by atoms with Gasteiger partial charge in [-0.2, -0.15) is 5.10 Å². The molecule has 0 unspecified atom stereocenters. The van der Waals surface area contributed by atoms with Gasteiger partial charge in [0.2, 0.25) is 0 Å². The lowest BCUT2D eigenvalue weighted by Crippen LogP contribution is -2.22. The highest BCUT2D eigenvalue weighted by Gasteiger charge is 2.07. The van der Waals surface area contributed by atoms with Crippen molar-refractivity contribution in [1.82, 2.24) is 15.1 Å². The molecule has 1 aromatic rings. The summed E-state index contributed by atoms with van der Waals surface area (Å²) in [4.78, 5) is 0. The minimum absolute atomic E-state index is 0.546. The molecule has 0 bridgehead atoms. The summed E-state index contributed by atoms with van der Waals surface area (Å²) in [5.41, 5.74) is 1.17. The molecule has 0 saturated carbocycles. The van der Waals surface area contributed by atoms with Gasteiger partial charge in [-0.25, -0.2) is 0 Å². The maximum absolute atomic E-state index is 4.98. The fourth-order valence-corrected chi connectivity index (χ4v) is 1.89. The molecule has 1 aromatic heterocycles. The average Bonchev–Trinajstić information content (AvgIpc) is 2.79. The van der Waals surface area contributed by atoms with Crippen molar-refractivity contribution in [3.8, 4) is 0 Å². The third-order valence-corrected chi connectivity index (χ3v) is 3.02. The largest absolute Gasteiger partial charge is 0.383 e. The van der Waals surface area contributed by atoms with E-state index < -0.39 is 0 Å². The summed E-state index contributed by atoms with van der Waals surface area (Å²) in [6.45, 7) is 7.05. The van der Waals surface area contributed by atoms with Crippen molar-refractivity contribution < 1.29 is 4.74 Å². The van der Waals surface area contributed by atoms with Gasteiger partial charge in [-0.15, -0.1) is 0 Å². The Morgan fingerprint density at radius 1 is 1.35 bits per heavy atom. The number of rotatable bonds is 9. The third-order valence-electron chi connectivity index (χ3n) is 3.02. The molecule has 4 heteroatoms. The van der Waals surface area contributed by atoms with Crippen molar-refractivity contribution in [3.63, 3.8) is 0 Å². The summed E-state index contributed by atoms with van der Waals surface area (Å²) >= 11 is 0. The predicted octanol–water partition coefficient (Wildman–Crippen LogP) is 2.02. The second-order valence-corrected chi connectivity index (χ2v) is 4.25. The van der Waals surface area contributed by atoms with E-state index in [1.54, 1.807) is 7.11 Å². The highest BCUT2D eigenvalue weighted by Crippen LogP contribution is 2.14. The van der Waals surface area contributed by atoms with Crippen LogP contribution in [0.4, 0.5) is 0 Å². The van der Waals surface area contributed by atoms with Crippen LogP contribution in [0.25, 0.3) is 0 Å². The Bertz CT molecular complexity index is 295. The lowest BCUT2D eigenvalue weighted by molar-refractivity contribution is 0.199. The van der Waals surface area contributed by atoms with E-state index in [0.717, 1.165) is 39.0 Å². The zero-order chi connectivity index (χ0) is 12.5. The fourth-order valence-electron chi connectivity index (χ4n) is 1.89. The molecule has 0 spiro atoms. The van der Waals surface area contributed by atoms with Crippen LogP contribution in [-0.2, 0) is 11.2 Å². The minimum Gasteiger partial charge on any atom is -0.383 e. The van der Waals surface area contributed by atoms with Gasteiger partial charge in [0.15, 0.2) is 0 Å². The number of aromatic nitrogens is 2. The monoisotopic (exact) mass is 239 g/mol. The van der Waals surface area contributed by atoms with Gasteiger partial charge in [0.05, 0.1) is 18.3 Å². The molecule has 1 heterocycles. The SMILES string of the molecule is CCC(CC)n1ccc(CCNCCOC)n1. The number of methoxy groups -OCH3 is 1. The van der Waals surface area contributed by atoms with Crippen molar-refractivity contribution in [2.45, 2.75) is 39.2 Å². The molecule has 0 atom stereocenters. The Hall–Kier alpha value is -0.870. The first-order valence-electron chi connectivity index (χ1n) is 6.55. The highest BCUT2D eigenvalue weighted by molar-refractivity contribution is 5.00. The van der Waals surface area contributed by atoms with Crippen LogP contribution in [0.2, 0.25) is 0 Å². The number of ether oxygens (including phenoxy) is 1. The second-order valence-electron chi connectivity index (χ2n) is 4.25. The molecule has 0 aromatic carbocycles. The van der Waals surface area contributed by atoms with Gasteiger partial charge in [0.25, 0.3) is 0 Å². The third kappa shape index (κ3) is 4.88. The van der Waals surface area contributed by atoms with E-state index in [0.29, 0.717) is 6.04 Å². The minimum atomic E-state index is 0.546. The molecule has 0 aliphatic carbocycles. The van der Waals surface area contributed by atoms with E-state index in [1.165, 1.54) is 5.69 Å². The molecule has 1 rings (SSSR count). The first-order valence-corrected chi connectivity index (χ1v) is 6.55. The molecule has 1 N–H and O–H groups in total. The quantitative estimate of drug-likeness (QED) is 0.670. The summed E-state index contributed by atoms with van der Waals surface area (Å²) in [5, 5.41) is 7.94. The molecular weight excluding hydrogens is 214 g/mol. The second kappa shape index (κ2) is 8.25. The molecule has 98 valence electrons. The first kappa shape index (κ1) is 14.2.